The molecular weight excluding hydrogens is 578 g/mol. The average Bonchev–Trinajstić information content (AvgIpc) is 3.47. The molecule has 1 aliphatic rings. The number of halogens is 1. The van der Waals surface area contributed by atoms with E-state index in [0.29, 0.717) is 64.8 Å². The Labute approximate surface area is 261 Å². The Morgan fingerprint density at radius 3 is 2.27 bits per heavy atom. The zero-order valence-corrected chi connectivity index (χ0v) is 25.0. The summed E-state index contributed by atoms with van der Waals surface area (Å²) >= 11 is 0. The van der Waals surface area contributed by atoms with Crippen LogP contribution >= 0.6 is 0 Å². The van der Waals surface area contributed by atoms with Gasteiger partial charge < -0.3 is 30.2 Å². The van der Waals surface area contributed by atoms with Gasteiger partial charge in [-0.1, -0.05) is 47.7 Å². The molecule has 1 aliphatic heterocycles. The number of nitrogens with two attached hydrogens (primary N) is 1. The van der Waals surface area contributed by atoms with Gasteiger partial charge in [-0.2, -0.15) is 0 Å². The molecule has 0 unspecified atom stereocenters. The van der Waals surface area contributed by atoms with Crippen LogP contribution in [0.5, 0.6) is 0 Å². The SMILES string of the molecule is NCCOCCOCCOCCn1nnc2c1-c1ccccc1N(C(=O)CCNC(=O)c1ccc([18F])cc1)Cc1ccccc1-2. The molecule has 2 heterocycles. The van der Waals surface area contributed by atoms with Crippen molar-refractivity contribution in [3.63, 3.8) is 0 Å². The number of hydrogen-bond acceptors (Lipinski definition) is 8. The van der Waals surface area contributed by atoms with Gasteiger partial charge in [-0.25, -0.2) is 9.07 Å². The summed E-state index contributed by atoms with van der Waals surface area (Å²) in [5.41, 5.74) is 10.6. The molecule has 0 saturated heterocycles. The van der Waals surface area contributed by atoms with Crippen molar-refractivity contribution in [3.05, 3.63) is 89.7 Å². The third-order valence-electron chi connectivity index (χ3n) is 7.27. The maximum absolute atomic E-state index is 13.7. The number of fused-ring (bicyclic) bond motifs is 5. The van der Waals surface area contributed by atoms with Crippen molar-refractivity contribution in [2.45, 2.75) is 19.5 Å². The minimum absolute atomic E-state index is 0.0723. The Hall–Kier alpha value is -4.49. The highest BCUT2D eigenvalue weighted by atomic mass is 18.2. The van der Waals surface area contributed by atoms with Crippen molar-refractivity contribution >= 4 is 17.5 Å². The van der Waals surface area contributed by atoms with Crippen molar-refractivity contribution in [3.8, 4) is 22.5 Å². The fourth-order valence-corrected chi connectivity index (χ4v) is 5.09. The van der Waals surface area contributed by atoms with Gasteiger partial charge in [0.05, 0.1) is 64.1 Å². The second-order valence-electron chi connectivity index (χ2n) is 10.3. The molecule has 11 nitrogen and oxygen atoms in total. The van der Waals surface area contributed by atoms with Gasteiger partial charge in [0.1, 0.15) is 11.5 Å². The van der Waals surface area contributed by atoms with Crippen LogP contribution < -0.4 is 16.0 Å². The van der Waals surface area contributed by atoms with Crippen LogP contribution in [0.3, 0.4) is 0 Å². The van der Waals surface area contributed by atoms with Gasteiger partial charge in [0.2, 0.25) is 5.91 Å². The molecule has 3 N–H and O–H groups in total. The van der Waals surface area contributed by atoms with Crippen LogP contribution in [0.1, 0.15) is 22.3 Å². The lowest BCUT2D eigenvalue weighted by Gasteiger charge is -2.29. The molecule has 0 radical (unpaired) electrons. The first-order valence-corrected chi connectivity index (χ1v) is 15.0. The van der Waals surface area contributed by atoms with Crippen molar-refractivity contribution < 1.29 is 28.2 Å². The second-order valence-corrected chi connectivity index (χ2v) is 10.3. The first-order chi connectivity index (χ1) is 22.1. The summed E-state index contributed by atoms with van der Waals surface area (Å²) in [7, 11) is 0. The Morgan fingerprint density at radius 1 is 0.844 bits per heavy atom. The van der Waals surface area contributed by atoms with E-state index in [9.17, 15) is 14.0 Å². The van der Waals surface area contributed by atoms with E-state index in [2.05, 4.69) is 15.6 Å². The normalized spacial score (nSPS) is 12.1. The molecule has 0 atom stereocenters. The smallest absolute Gasteiger partial charge is 0.251 e. The third kappa shape index (κ3) is 8.17. The molecule has 0 fully saturated rings. The second kappa shape index (κ2) is 16.0. The fourth-order valence-electron chi connectivity index (χ4n) is 5.09. The Kier molecular flexibility index (Phi) is 11.4. The summed E-state index contributed by atoms with van der Waals surface area (Å²) in [6.07, 6.45) is 0.0723. The van der Waals surface area contributed by atoms with E-state index in [1.807, 2.05) is 53.2 Å². The molecule has 12 heteroatoms. The number of benzene rings is 3. The molecular formula is C33H37FN6O5. The molecule has 45 heavy (non-hydrogen) atoms. The molecule has 1 aromatic heterocycles. The summed E-state index contributed by atoms with van der Waals surface area (Å²) in [4.78, 5) is 28.0. The molecule has 0 saturated carbocycles. The molecule has 2 amide bonds. The number of rotatable bonds is 15. The minimum atomic E-state index is -0.421. The average molecular weight is 616 g/mol. The predicted octanol–water partition coefficient (Wildman–Crippen LogP) is 3.43. The van der Waals surface area contributed by atoms with Crippen molar-refractivity contribution in [1.29, 1.82) is 0 Å². The number of ether oxygens (including phenoxy) is 3. The van der Waals surface area contributed by atoms with Crippen molar-refractivity contribution in [2.24, 2.45) is 5.73 Å². The standard InChI is InChI=1S/C33H37FN6O5/c34-26-11-9-24(10-12-26)33(42)36-15-13-30(41)39-23-25-5-1-2-6-27(25)31-32(28-7-3-4-8-29(28)39)40(38-37-31)16-18-44-20-22-45-21-19-43-17-14-35/h1-12H,13-23,35H2,(H,36,42)/i34-1. The van der Waals surface area contributed by atoms with E-state index in [0.717, 1.165) is 33.8 Å². The van der Waals surface area contributed by atoms with Gasteiger partial charge in [0.15, 0.2) is 0 Å². The third-order valence-corrected chi connectivity index (χ3v) is 7.27. The summed E-state index contributed by atoms with van der Waals surface area (Å²) in [5, 5.41) is 11.8. The maximum atomic E-state index is 13.7. The minimum Gasteiger partial charge on any atom is -0.378 e. The maximum Gasteiger partial charge on any atom is 0.251 e. The number of aromatic nitrogens is 3. The number of nitrogens with one attached hydrogen (secondary N) is 1. The van der Waals surface area contributed by atoms with E-state index in [1.165, 1.54) is 24.3 Å². The summed E-state index contributed by atoms with van der Waals surface area (Å²) < 4.78 is 31.7. The lowest BCUT2D eigenvalue weighted by molar-refractivity contribution is -0.118. The molecule has 236 valence electrons. The highest BCUT2D eigenvalue weighted by molar-refractivity contribution is 6.00. The number of para-hydroxylation sites is 1. The lowest BCUT2D eigenvalue weighted by atomic mass is 9.95. The highest BCUT2D eigenvalue weighted by Crippen LogP contribution is 2.41. The van der Waals surface area contributed by atoms with Gasteiger partial charge in [0, 0.05) is 36.2 Å². The first kappa shape index (κ1) is 31.9. The zero-order chi connectivity index (χ0) is 31.4. The van der Waals surface area contributed by atoms with Gasteiger partial charge in [-0.3, -0.25) is 9.59 Å². The molecule has 3 aromatic carbocycles. The number of nitrogens with zero attached hydrogens (tertiary/aromatic N) is 4. The number of amides is 2. The van der Waals surface area contributed by atoms with Crippen molar-refractivity contribution in [1.82, 2.24) is 20.3 Å². The Morgan fingerprint density at radius 2 is 1.51 bits per heavy atom. The van der Waals surface area contributed by atoms with Crippen LogP contribution in [0.4, 0.5) is 10.1 Å². The first-order valence-electron chi connectivity index (χ1n) is 15.0. The highest BCUT2D eigenvalue weighted by Gasteiger charge is 2.29. The van der Waals surface area contributed by atoms with Gasteiger partial charge >= 0.3 is 0 Å². The van der Waals surface area contributed by atoms with Crippen LogP contribution in [-0.2, 0) is 32.1 Å². The van der Waals surface area contributed by atoms with E-state index < -0.39 is 5.82 Å². The van der Waals surface area contributed by atoms with Crippen LogP contribution in [0, 0.1) is 5.82 Å². The number of carbonyl (C=O) groups is 2. The fraction of sp³-hybridized carbons (Fsp3) is 0.333. The number of carbonyl (C=O) groups excluding carboxylic acids is 2. The van der Waals surface area contributed by atoms with Crippen LogP contribution in [0.2, 0.25) is 0 Å². The lowest BCUT2D eigenvalue weighted by Crippen LogP contribution is -2.35. The predicted molar refractivity (Wildman–Crippen MR) is 167 cm³/mol. The van der Waals surface area contributed by atoms with E-state index in [-0.39, 0.29) is 24.8 Å². The molecule has 0 aliphatic carbocycles. The summed E-state index contributed by atoms with van der Waals surface area (Å²) in [6, 6.07) is 20.8. The zero-order valence-electron chi connectivity index (χ0n) is 25.0. The largest absolute Gasteiger partial charge is 0.378 e. The monoisotopic (exact) mass is 615 g/mol. The van der Waals surface area contributed by atoms with Gasteiger partial charge in [-0.15, -0.1) is 5.10 Å². The molecule has 0 bridgehead atoms. The Balaban J connectivity index is 1.29. The quantitative estimate of drug-likeness (QED) is 0.194. The molecule has 0 spiro atoms. The number of anilines is 1. The van der Waals surface area contributed by atoms with Crippen LogP contribution in [-0.4, -0.2) is 79.5 Å². The van der Waals surface area contributed by atoms with Crippen molar-refractivity contribution in [2.75, 3.05) is 57.6 Å². The topological polar surface area (TPSA) is 134 Å². The van der Waals surface area contributed by atoms with Crippen LogP contribution in [0.15, 0.2) is 72.8 Å². The summed E-state index contributed by atoms with van der Waals surface area (Å²) in [6.45, 7) is 4.13. The molecule has 4 aromatic rings. The van der Waals surface area contributed by atoms with Gasteiger partial charge in [0.25, 0.3) is 5.91 Å². The van der Waals surface area contributed by atoms with Crippen LogP contribution in [0.25, 0.3) is 22.5 Å². The number of hydrogen-bond donors (Lipinski definition) is 2. The summed E-state index contributed by atoms with van der Waals surface area (Å²) in [5.74, 6) is -0.946. The molecule has 5 rings (SSSR count). The van der Waals surface area contributed by atoms with E-state index in [4.69, 9.17) is 19.9 Å². The Bertz CT molecular complexity index is 1580. The van der Waals surface area contributed by atoms with E-state index >= 15 is 0 Å². The van der Waals surface area contributed by atoms with Gasteiger partial charge in [-0.05, 0) is 35.9 Å². The van der Waals surface area contributed by atoms with E-state index in [1.54, 1.807) is 4.90 Å².